The van der Waals surface area contributed by atoms with Crippen molar-refractivity contribution in [2.45, 2.75) is 6.92 Å². The lowest BCUT2D eigenvalue weighted by Gasteiger charge is -2.13. The number of anilines is 1. The van der Waals surface area contributed by atoms with E-state index in [1.807, 2.05) is 0 Å². The molecule has 0 atom stereocenters. The van der Waals surface area contributed by atoms with E-state index < -0.39 is 5.97 Å². The summed E-state index contributed by atoms with van der Waals surface area (Å²) in [5.41, 5.74) is 7.09. The lowest BCUT2D eigenvalue weighted by atomic mass is 10.1. The Kier molecular flexibility index (Phi) is 3.93. The molecule has 0 bridgehead atoms. The van der Waals surface area contributed by atoms with E-state index in [0.29, 0.717) is 22.4 Å². The van der Waals surface area contributed by atoms with E-state index in [4.69, 9.17) is 19.9 Å². The number of carbonyl (C=O) groups is 1. The summed E-state index contributed by atoms with van der Waals surface area (Å²) in [6, 6.07) is 3.45. The van der Waals surface area contributed by atoms with Crippen molar-refractivity contribution in [1.29, 1.82) is 0 Å². The molecule has 1 aromatic carbocycles. The number of hydrogen-bond donors (Lipinski definition) is 1. The maximum Gasteiger partial charge on any atom is 0.341 e. The summed E-state index contributed by atoms with van der Waals surface area (Å²) in [4.78, 5) is 16.1. The third-order valence-corrected chi connectivity index (χ3v) is 2.92. The number of carbonyl (C=O) groups excluding carboxylic acids is 1. The van der Waals surface area contributed by atoms with Crippen LogP contribution in [-0.4, -0.2) is 31.8 Å². The minimum absolute atomic E-state index is 0.214. The van der Waals surface area contributed by atoms with Gasteiger partial charge in [-0.2, -0.15) is 0 Å². The number of benzene rings is 1. The Morgan fingerprint density at radius 1 is 1.25 bits per heavy atom. The lowest BCUT2D eigenvalue weighted by Crippen LogP contribution is -2.09. The van der Waals surface area contributed by atoms with Gasteiger partial charge in [0.1, 0.15) is 22.6 Å². The Morgan fingerprint density at radius 3 is 2.50 bits per heavy atom. The molecule has 106 valence electrons. The van der Waals surface area contributed by atoms with Crippen LogP contribution in [0.4, 0.5) is 5.69 Å². The molecule has 1 heterocycles. The van der Waals surface area contributed by atoms with Crippen LogP contribution in [0.5, 0.6) is 11.5 Å². The summed E-state index contributed by atoms with van der Waals surface area (Å²) in [6.45, 7) is 2.00. The van der Waals surface area contributed by atoms with Crippen LogP contribution in [0, 0.1) is 0 Å². The predicted molar refractivity (Wildman–Crippen MR) is 75.2 cm³/mol. The van der Waals surface area contributed by atoms with Gasteiger partial charge in [0.15, 0.2) is 0 Å². The van der Waals surface area contributed by atoms with Crippen molar-refractivity contribution in [2.24, 2.45) is 0 Å². The first-order valence-corrected chi connectivity index (χ1v) is 6.10. The van der Waals surface area contributed by atoms with E-state index in [1.54, 1.807) is 26.2 Å². The molecule has 0 aliphatic heterocycles. The van der Waals surface area contributed by atoms with Gasteiger partial charge in [-0.1, -0.05) is 0 Å². The molecule has 6 heteroatoms. The van der Waals surface area contributed by atoms with Crippen LogP contribution in [0.25, 0.3) is 10.9 Å². The average molecular weight is 276 g/mol. The van der Waals surface area contributed by atoms with E-state index in [0.717, 1.165) is 0 Å². The molecule has 0 fully saturated rings. The highest BCUT2D eigenvalue weighted by Gasteiger charge is 2.19. The van der Waals surface area contributed by atoms with Crippen LogP contribution in [0.15, 0.2) is 18.3 Å². The van der Waals surface area contributed by atoms with Gasteiger partial charge in [-0.15, -0.1) is 0 Å². The third-order valence-electron chi connectivity index (χ3n) is 2.92. The normalized spacial score (nSPS) is 10.3. The molecule has 0 amide bonds. The Labute approximate surface area is 116 Å². The van der Waals surface area contributed by atoms with Crippen LogP contribution in [0.1, 0.15) is 17.3 Å². The number of aromatic nitrogens is 1. The average Bonchev–Trinajstić information content (AvgIpc) is 2.46. The quantitative estimate of drug-likeness (QED) is 0.860. The largest absolute Gasteiger partial charge is 0.496 e. The second-order valence-corrected chi connectivity index (χ2v) is 4.00. The molecule has 2 N–H and O–H groups in total. The number of ether oxygens (including phenoxy) is 3. The smallest absolute Gasteiger partial charge is 0.341 e. The summed E-state index contributed by atoms with van der Waals surface area (Å²) in [5.74, 6) is 0.573. The zero-order valence-corrected chi connectivity index (χ0v) is 11.6. The number of nitrogen functional groups attached to an aromatic ring is 1. The van der Waals surface area contributed by atoms with Gasteiger partial charge in [-0.3, -0.25) is 4.98 Å². The molecule has 1 aromatic heterocycles. The maximum atomic E-state index is 11.8. The standard InChI is InChI=1S/C14H16N2O4/c1-4-20-14(17)8-7-16-13-10(19-3)6-5-9(18-2)11(13)12(8)15/h5-7H,4H2,1-3H3,(H2,15,16). The number of rotatable bonds is 4. The van der Waals surface area contributed by atoms with E-state index in [2.05, 4.69) is 4.98 Å². The first kappa shape index (κ1) is 13.9. The van der Waals surface area contributed by atoms with Gasteiger partial charge in [0.25, 0.3) is 0 Å². The fourth-order valence-electron chi connectivity index (χ4n) is 1.98. The second-order valence-electron chi connectivity index (χ2n) is 4.00. The fraction of sp³-hybridized carbons (Fsp3) is 0.286. The van der Waals surface area contributed by atoms with Crippen LogP contribution < -0.4 is 15.2 Å². The van der Waals surface area contributed by atoms with Crippen LogP contribution >= 0.6 is 0 Å². The maximum absolute atomic E-state index is 11.8. The van der Waals surface area contributed by atoms with Crippen LogP contribution in [0.2, 0.25) is 0 Å². The highest BCUT2D eigenvalue weighted by molar-refractivity contribution is 6.07. The van der Waals surface area contributed by atoms with Crippen molar-refractivity contribution in [3.63, 3.8) is 0 Å². The van der Waals surface area contributed by atoms with Gasteiger partial charge in [0.05, 0.1) is 31.9 Å². The SMILES string of the molecule is CCOC(=O)c1cnc2c(OC)ccc(OC)c2c1N. The zero-order chi connectivity index (χ0) is 14.7. The van der Waals surface area contributed by atoms with Crippen molar-refractivity contribution < 1.29 is 19.0 Å². The molecule has 0 aliphatic rings. The van der Waals surface area contributed by atoms with E-state index in [-0.39, 0.29) is 17.9 Å². The van der Waals surface area contributed by atoms with Crippen molar-refractivity contribution in [2.75, 3.05) is 26.6 Å². The van der Waals surface area contributed by atoms with Crippen molar-refractivity contribution in [1.82, 2.24) is 4.98 Å². The minimum Gasteiger partial charge on any atom is -0.496 e. The van der Waals surface area contributed by atoms with Crippen LogP contribution in [0.3, 0.4) is 0 Å². The summed E-state index contributed by atoms with van der Waals surface area (Å²) in [7, 11) is 3.07. The number of esters is 1. The van der Waals surface area contributed by atoms with Gasteiger partial charge in [0.2, 0.25) is 0 Å². The summed E-state index contributed by atoms with van der Waals surface area (Å²) in [5, 5.41) is 0.539. The molecule has 0 spiro atoms. The van der Waals surface area contributed by atoms with Gasteiger partial charge >= 0.3 is 5.97 Å². The monoisotopic (exact) mass is 276 g/mol. The molecule has 0 saturated carbocycles. The number of hydrogen-bond acceptors (Lipinski definition) is 6. The molecule has 6 nitrogen and oxygen atoms in total. The molecule has 0 radical (unpaired) electrons. The van der Waals surface area contributed by atoms with Crippen LogP contribution in [-0.2, 0) is 4.74 Å². The van der Waals surface area contributed by atoms with Gasteiger partial charge in [-0.25, -0.2) is 4.79 Å². The molecule has 2 aromatic rings. The molecule has 0 aliphatic carbocycles. The molecule has 2 rings (SSSR count). The van der Waals surface area contributed by atoms with Gasteiger partial charge in [0, 0.05) is 6.20 Å². The first-order chi connectivity index (χ1) is 9.63. The summed E-state index contributed by atoms with van der Waals surface area (Å²) in [6.07, 6.45) is 1.39. The number of fused-ring (bicyclic) bond motifs is 1. The lowest BCUT2D eigenvalue weighted by molar-refractivity contribution is 0.0527. The Balaban J connectivity index is 2.73. The molecule has 0 saturated heterocycles. The van der Waals surface area contributed by atoms with E-state index in [9.17, 15) is 4.79 Å². The molecule has 20 heavy (non-hydrogen) atoms. The molecule has 0 unspecified atom stereocenters. The molecular formula is C14H16N2O4. The minimum atomic E-state index is -0.510. The van der Waals surface area contributed by atoms with Crippen molar-refractivity contribution in [3.05, 3.63) is 23.9 Å². The van der Waals surface area contributed by atoms with Gasteiger partial charge in [-0.05, 0) is 19.1 Å². The van der Waals surface area contributed by atoms with E-state index in [1.165, 1.54) is 13.3 Å². The topological polar surface area (TPSA) is 83.7 Å². The van der Waals surface area contributed by atoms with Crippen molar-refractivity contribution in [3.8, 4) is 11.5 Å². The first-order valence-electron chi connectivity index (χ1n) is 6.10. The summed E-state index contributed by atoms with van der Waals surface area (Å²) >= 11 is 0. The Bertz CT molecular complexity index is 655. The fourth-order valence-corrected chi connectivity index (χ4v) is 1.98. The van der Waals surface area contributed by atoms with Crippen molar-refractivity contribution >= 4 is 22.6 Å². The number of nitrogens with zero attached hydrogens (tertiary/aromatic N) is 1. The number of pyridine rings is 1. The molecular weight excluding hydrogens is 260 g/mol. The second kappa shape index (κ2) is 5.64. The number of nitrogens with two attached hydrogens (primary N) is 1. The predicted octanol–water partition coefficient (Wildman–Crippen LogP) is 2.01. The highest BCUT2D eigenvalue weighted by Crippen LogP contribution is 2.36. The Hall–Kier alpha value is -2.50. The zero-order valence-electron chi connectivity index (χ0n) is 11.6. The Morgan fingerprint density at radius 2 is 1.90 bits per heavy atom. The highest BCUT2D eigenvalue weighted by atomic mass is 16.5. The van der Waals surface area contributed by atoms with E-state index >= 15 is 0 Å². The van der Waals surface area contributed by atoms with Gasteiger partial charge < -0.3 is 19.9 Å². The number of methoxy groups -OCH3 is 2. The third kappa shape index (κ3) is 2.20. The summed E-state index contributed by atoms with van der Waals surface area (Å²) < 4.78 is 15.5.